The molecule has 0 N–H and O–H groups in total. The van der Waals surface area contributed by atoms with Gasteiger partial charge < -0.3 is 14.2 Å². The average molecular weight is 334 g/mol. The zero-order valence-corrected chi connectivity index (χ0v) is 14.6. The molecule has 0 amide bonds. The van der Waals surface area contributed by atoms with Gasteiger partial charge in [-0.15, -0.1) is 0 Å². The molecule has 3 heteroatoms. The summed E-state index contributed by atoms with van der Waals surface area (Å²) in [6, 6.07) is 19.0. The summed E-state index contributed by atoms with van der Waals surface area (Å²) in [6.07, 6.45) is 1.06. The number of benzene rings is 3. The van der Waals surface area contributed by atoms with E-state index in [0.717, 1.165) is 30.1 Å². The van der Waals surface area contributed by atoms with Crippen LogP contribution in [0.4, 0.5) is 0 Å². The lowest BCUT2D eigenvalue weighted by atomic mass is 9.96. The van der Waals surface area contributed by atoms with E-state index in [1.165, 1.54) is 21.9 Å². The van der Waals surface area contributed by atoms with Gasteiger partial charge in [0.25, 0.3) is 0 Å². The van der Waals surface area contributed by atoms with Crippen molar-refractivity contribution in [2.24, 2.45) is 0 Å². The molecule has 1 fully saturated rings. The second-order valence-corrected chi connectivity index (χ2v) is 6.51. The zero-order valence-electron chi connectivity index (χ0n) is 14.6. The summed E-state index contributed by atoms with van der Waals surface area (Å²) in [5.41, 5.74) is 3.59. The number of methoxy groups -OCH3 is 1. The normalized spacial score (nSPS) is 16.0. The van der Waals surface area contributed by atoms with Crippen molar-refractivity contribution in [2.75, 3.05) is 20.3 Å². The van der Waals surface area contributed by atoms with Gasteiger partial charge in [-0.1, -0.05) is 42.5 Å². The first-order valence-electron chi connectivity index (χ1n) is 8.63. The molecule has 0 spiro atoms. The smallest absolute Gasteiger partial charge is 0.125 e. The lowest BCUT2D eigenvalue weighted by molar-refractivity contribution is 0.260. The highest BCUT2D eigenvalue weighted by molar-refractivity contribution is 5.87. The van der Waals surface area contributed by atoms with Crippen molar-refractivity contribution in [3.63, 3.8) is 0 Å². The number of epoxide rings is 1. The molecular formula is C22H22O3. The number of para-hydroxylation sites is 1. The van der Waals surface area contributed by atoms with Crippen LogP contribution < -0.4 is 9.47 Å². The van der Waals surface area contributed by atoms with Gasteiger partial charge in [0.05, 0.1) is 13.7 Å². The standard InChI is InChI=1S/C22H22O3/c1-15-6-5-8-17(22(15)25-14-20-13-24-20)10-18-12-19(23-2)11-16-7-3-4-9-21(16)18/h3-9,11-12,20H,10,13-14H2,1-2H3. The monoisotopic (exact) mass is 334 g/mol. The number of rotatable bonds is 6. The highest BCUT2D eigenvalue weighted by Crippen LogP contribution is 2.31. The molecule has 0 aliphatic carbocycles. The van der Waals surface area contributed by atoms with Crippen LogP contribution in [0.15, 0.2) is 54.6 Å². The van der Waals surface area contributed by atoms with Crippen molar-refractivity contribution in [1.29, 1.82) is 0 Å². The predicted octanol–water partition coefficient (Wildman–Crippen LogP) is 4.53. The van der Waals surface area contributed by atoms with Crippen LogP contribution in [0.3, 0.4) is 0 Å². The summed E-state index contributed by atoms with van der Waals surface area (Å²) in [4.78, 5) is 0. The quantitative estimate of drug-likeness (QED) is 0.621. The summed E-state index contributed by atoms with van der Waals surface area (Å²) < 4.78 is 16.8. The Morgan fingerprint density at radius 2 is 1.88 bits per heavy atom. The molecule has 3 aromatic rings. The third-order valence-corrected chi connectivity index (χ3v) is 4.65. The molecule has 128 valence electrons. The van der Waals surface area contributed by atoms with Crippen LogP contribution in [0.1, 0.15) is 16.7 Å². The van der Waals surface area contributed by atoms with E-state index < -0.39 is 0 Å². The molecule has 1 aliphatic heterocycles. The van der Waals surface area contributed by atoms with E-state index in [2.05, 4.69) is 61.5 Å². The van der Waals surface area contributed by atoms with E-state index in [4.69, 9.17) is 14.2 Å². The summed E-state index contributed by atoms with van der Waals surface area (Å²) in [5.74, 6) is 1.86. The Kier molecular flexibility index (Phi) is 4.33. The summed E-state index contributed by atoms with van der Waals surface area (Å²) in [6.45, 7) is 3.52. The Bertz CT molecular complexity index is 897. The lowest BCUT2D eigenvalue weighted by Crippen LogP contribution is -2.07. The van der Waals surface area contributed by atoms with Gasteiger partial charge in [0.2, 0.25) is 0 Å². The Labute approximate surface area is 148 Å². The first-order valence-corrected chi connectivity index (χ1v) is 8.63. The van der Waals surface area contributed by atoms with Gasteiger partial charge in [-0.25, -0.2) is 0 Å². The van der Waals surface area contributed by atoms with Crippen molar-refractivity contribution < 1.29 is 14.2 Å². The third kappa shape index (κ3) is 3.47. The van der Waals surface area contributed by atoms with Gasteiger partial charge in [-0.2, -0.15) is 0 Å². The summed E-state index contributed by atoms with van der Waals surface area (Å²) in [5, 5.41) is 2.44. The van der Waals surface area contributed by atoms with Gasteiger partial charge in [0.1, 0.15) is 24.2 Å². The fourth-order valence-electron chi connectivity index (χ4n) is 3.23. The highest BCUT2D eigenvalue weighted by atomic mass is 16.6. The number of hydrogen-bond donors (Lipinski definition) is 0. The van der Waals surface area contributed by atoms with Gasteiger partial charge in [0, 0.05) is 6.42 Å². The number of ether oxygens (including phenoxy) is 3. The zero-order chi connectivity index (χ0) is 17.2. The maximum Gasteiger partial charge on any atom is 0.125 e. The van der Waals surface area contributed by atoms with Crippen LogP contribution in [0, 0.1) is 6.92 Å². The molecule has 3 nitrogen and oxygen atoms in total. The molecule has 3 aromatic carbocycles. The molecule has 0 radical (unpaired) electrons. The fourth-order valence-corrected chi connectivity index (χ4v) is 3.23. The number of hydrogen-bond acceptors (Lipinski definition) is 3. The molecule has 1 saturated heterocycles. The van der Waals surface area contributed by atoms with Gasteiger partial charge in [-0.05, 0) is 46.5 Å². The molecule has 0 bridgehead atoms. The van der Waals surface area contributed by atoms with E-state index in [1.807, 2.05) is 0 Å². The Morgan fingerprint density at radius 3 is 2.68 bits per heavy atom. The Hall–Kier alpha value is -2.52. The molecule has 1 unspecified atom stereocenters. The van der Waals surface area contributed by atoms with Crippen molar-refractivity contribution in [2.45, 2.75) is 19.4 Å². The average Bonchev–Trinajstić information content (AvgIpc) is 3.45. The van der Waals surface area contributed by atoms with Crippen LogP contribution >= 0.6 is 0 Å². The molecule has 4 rings (SSSR count). The van der Waals surface area contributed by atoms with Crippen molar-refractivity contribution in [3.8, 4) is 11.5 Å². The van der Waals surface area contributed by atoms with E-state index in [1.54, 1.807) is 7.11 Å². The molecule has 25 heavy (non-hydrogen) atoms. The van der Waals surface area contributed by atoms with Gasteiger partial charge >= 0.3 is 0 Å². The van der Waals surface area contributed by atoms with Gasteiger partial charge in [-0.3, -0.25) is 0 Å². The Balaban J connectivity index is 1.72. The van der Waals surface area contributed by atoms with Crippen LogP contribution in [0.25, 0.3) is 10.8 Å². The highest BCUT2D eigenvalue weighted by Gasteiger charge is 2.24. The van der Waals surface area contributed by atoms with Gasteiger partial charge in [0.15, 0.2) is 0 Å². The first kappa shape index (κ1) is 16.0. The van der Waals surface area contributed by atoms with E-state index in [9.17, 15) is 0 Å². The summed E-state index contributed by atoms with van der Waals surface area (Å²) in [7, 11) is 1.71. The van der Waals surface area contributed by atoms with E-state index in [0.29, 0.717) is 6.61 Å². The molecule has 1 heterocycles. The first-order chi connectivity index (χ1) is 12.2. The third-order valence-electron chi connectivity index (χ3n) is 4.65. The SMILES string of the molecule is COc1cc(Cc2cccc(C)c2OCC2CO2)c2ccccc2c1. The van der Waals surface area contributed by atoms with Crippen LogP contribution in [-0.2, 0) is 11.2 Å². The number of fused-ring (bicyclic) bond motifs is 1. The van der Waals surface area contributed by atoms with Crippen LogP contribution in [0.5, 0.6) is 11.5 Å². The van der Waals surface area contributed by atoms with E-state index in [-0.39, 0.29) is 6.10 Å². The lowest BCUT2D eigenvalue weighted by Gasteiger charge is -2.15. The van der Waals surface area contributed by atoms with Crippen molar-refractivity contribution >= 4 is 10.8 Å². The Morgan fingerprint density at radius 1 is 1.04 bits per heavy atom. The maximum absolute atomic E-state index is 6.08. The molecule has 0 aromatic heterocycles. The molecular weight excluding hydrogens is 312 g/mol. The largest absolute Gasteiger partial charge is 0.497 e. The molecule has 0 saturated carbocycles. The molecule has 1 aliphatic rings. The second kappa shape index (κ2) is 6.77. The van der Waals surface area contributed by atoms with Crippen LogP contribution in [-0.4, -0.2) is 26.4 Å². The second-order valence-electron chi connectivity index (χ2n) is 6.51. The van der Waals surface area contributed by atoms with Crippen molar-refractivity contribution in [3.05, 3.63) is 71.3 Å². The molecule has 1 atom stereocenters. The number of aryl methyl sites for hydroxylation is 1. The predicted molar refractivity (Wildman–Crippen MR) is 99.7 cm³/mol. The fraction of sp³-hybridized carbons (Fsp3) is 0.273. The van der Waals surface area contributed by atoms with Crippen molar-refractivity contribution in [1.82, 2.24) is 0 Å². The minimum Gasteiger partial charge on any atom is -0.497 e. The minimum atomic E-state index is 0.255. The summed E-state index contributed by atoms with van der Waals surface area (Å²) >= 11 is 0. The van der Waals surface area contributed by atoms with Crippen LogP contribution in [0.2, 0.25) is 0 Å². The van der Waals surface area contributed by atoms with E-state index >= 15 is 0 Å². The minimum absolute atomic E-state index is 0.255. The maximum atomic E-state index is 6.08. The topological polar surface area (TPSA) is 31.0 Å².